The van der Waals surface area contributed by atoms with Crippen LogP contribution >= 0.6 is 0 Å². The first-order valence-electron chi connectivity index (χ1n) is 6.51. The average molecular weight is 236 g/mol. The molecule has 0 radical (unpaired) electrons. The molecule has 0 bridgehead atoms. The van der Waals surface area contributed by atoms with Crippen LogP contribution < -0.4 is 4.74 Å². The van der Waals surface area contributed by atoms with Gasteiger partial charge in [-0.25, -0.2) is 0 Å². The molecule has 0 aliphatic rings. The molecule has 2 nitrogen and oxygen atoms in total. The number of rotatable bonds is 6. The molecule has 0 heterocycles. The summed E-state index contributed by atoms with van der Waals surface area (Å²) in [6, 6.07) is 3.77. The minimum Gasteiger partial charge on any atom is -0.504 e. The lowest BCUT2D eigenvalue weighted by Crippen LogP contribution is -2.04. The maximum atomic E-state index is 9.76. The van der Waals surface area contributed by atoms with Crippen LogP contribution in [0.4, 0.5) is 0 Å². The van der Waals surface area contributed by atoms with E-state index in [2.05, 4.69) is 20.8 Å². The van der Waals surface area contributed by atoms with Crippen molar-refractivity contribution in [2.24, 2.45) is 5.92 Å². The first-order valence-corrected chi connectivity index (χ1v) is 6.51. The SMILES string of the molecule is CCCC(C)Cc1ccc(O)c(OC)c1CC. The number of phenols is 1. The lowest BCUT2D eigenvalue weighted by Gasteiger charge is -2.17. The predicted molar refractivity (Wildman–Crippen MR) is 71.8 cm³/mol. The number of methoxy groups -OCH3 is 1. The summed E-state index contributed by atoms with van der Waals surface area (Å²) >= 11 is 0. The van der Waals surface area contributed by atoms with Gasteiger partial charge in [0.15, 0.2) is 11.5 Å². The Kier molecular flexibility index (Phi) is 5.33. The third-order valence-corrected chi connectivity index (χ3v) is 3.24. The molecule has 96 valence electrons. The van der Waals surface area contributed by atoms with E-state index in [1.807, 2.05) is 6.07 Å². The molecule has 1 aromatic rings. The highest BCUT2D eigenvalue weighted by molar-refractivity contribution is 5.50. The van der Waals surface area contributed by atoms with Crippen LogP contribution in [-0.2, 0) is 12.8 Å². The molecule has 0 saturated carbocycles. The van der Waals surface area contributed by atoms with Crippen LogP contribution in [0.25, 0.3) is 0 Å². The van der Waals surface area contributed by atoms with Crippen LogP contribution in [0.1, 0.15) is 44.7 Å². The molecule has 1 atom stereocenters. The van der Waals surface area contributed by atoms with Gasteiger partial charge in [0, 0.05) is 5.56 Å². The number of hydrogen-bond acceptors (Lipinski definition) is 2. The van der Waals surface area contributed by atoms with Crippen molar-refractivity contribution in [3.63, 3.8) is 0 Å². The zero-order valence-electron chi connectivity index (χ0n) is 11.4. The van der Waals surface area contributed by atoms with E-state index >= 15 is 0 Å². The Morgan fingerprint density at radius 3 is 2.53 bits per heavy atom. The van der Waals surface area contributed by atoms with Crippen LogP contribution in [0.15, 0.2) is 12.1 Å². The molecule has 1 rings (SSSR count). The van der Waals surface area contributed by atoms with Gasteiger partial charge in [-0.05, 0) is 30.4 Å². The lowest BCUT2D eigenvalue weighted by atomic mass is 9.92. The quantitative estimate of drug-likeness (QED) is 0.810. The van der Waals surface area contributed by atoms with Crippen LogP contribution in [-0.4, -0.2) is 12.2 Å². The van der Waals surface area contributed by atoms with E-state index in [9.17, 15) is 5.11 Å². The molecule has 17 heavy (non-hydrogen) atoms. The second-order valence-electron chi connectivity index (χ2n) is 4.71. The number of ether oxygens (including phenoxy) is 1. The highest BCUT2D eigenvalue weighted by atomic mass is 16.5. The molecular weight excluding hydrogens is 212 g/mol. The van der Waals surface area contributed by atoms with Crippen LogP contribution in [0, 0.1) is 5.92 Å². The third kappa shape index (κ3) is 3.39. The molecular formula is C15H24O2. The minimum absolute atomic E-state index is 0.247. The molecule has 2 heteroatoms. The summed E-state index contributed by atoms with van der Waals surface area (Å²) in [5, 5.41) is 9.76. The van der Waals surface area contributed by atoms with Gasteiger partial charge in [-0.15, -0.1) is 0 Å². The van der Waals surface area contributed by atoms with Crippen molar-refractivity contribution in [1.82, 2.24) is 0 Å². The van der Waals surface area contributed by atoms with Crippen LogP contribution in [0.2, 0.25) is 0 Å². The van der Waals surface area contributed by atoms with E-state index in [0.717, 1.165) is 18.4 Å². The number of aromatic hydroxyl groups is 1. The summed E-state index contributed by atoms with van der Waals surface area (Å²) in [6.07, 6.45) is 4.42. The smallest absolute Gasteiger partial charge is 0.163 e. The molecule has 1 unspecified atom stereocenters. The van der Waals surface area contributed by atoms with Gasteiger partial charge < -0.3 is 9.84 Å². The fourth-order valence-electron chi connectivity index (χ4n) is 2.43. The fourth-order valence-corrected chi connectivity index (χ4v) is 2.43. The van der Waals surface area contributed by atoms with Gasteiger partial charge >= 0.3 is 0 Å². The van der Waals surface area contributed by atoms with Crippen LogP contribution in [0.3, 0.4) is 0 Å². The maximum Gasteiger partial charge on any atom is 0.163 e. The summed E-state index contributed by atoms with van der Waals surface area (Å²) in [7, 11) is 1.62. The van der Waals surface area contributed by atoms with Crippen molar-refractivity contribution in [2.75, 3.05) is 7.11 Å². The zero-order chi connectivity index (χ0) is 12.8. The Bertz CT molecular complexity index is 358. The lowest BCUT2D eigenvalue weighted by molar-refractivity contribution is 0.368. The topological polar surface area (TPSA) is 29.5 Å². The van der Waals surface area contributed by atoms with Gasteiger partial charge in [0.1, 0.15) is 0 Å². The number of benzene rings is 1. The zero-order valence-corrected chi connectivity index (χ0v) is 11.4. The summed E-state index contributed by atoms with van der Waals surface area (Å²) < 4.78 is 5.30. The standard InChI is InChI=1S/C15H24O2/c1-5-7-11(3)10-12-8-9-14(16)15(17-4)13(12)6-2/h8-9,11,16H,5-7,10H2,1-4H3. The predicted octanol–water partition coefficient (Wildman–Crippen LogP) is 3.94. The second-order valence-corrected chi connectivity index (χ2v) is 4.71. The Labute approximate surface area is 105 Å². The largest absolute Gasteiger partial charge is 0.504 e. The normalized spacial score (nSPS) is 12.5. The monoisotopic (exact) mass is 236 g/mol. The summed E-state index contributed by atoms with van der Waals surface area (Å²) in [5.74, 6) is 1.57. The van der Waals surface area contributed by atoms with Crippen LogP contribution in [0.5, 0.6) is 11.5 Å². The van der Waals surface area contributed by atoms with E-state index in [-0.39, 0.29) is 5.75 Å². The van der Waals surface area contributed by atoms with Gasteiger partial charge in [-0.3, -0.25) is 0 Å². The Morgan fingerprint density at radius 1 is 1.29 bits per heavy atom. The van der Waals surface area contributed by atoms with Crippen molar-refractivity contribution < 1.29 is 9.84 Å². The molecule has 0 spiro atoms. The van der Waals surface area contributed by atoms with E-state index in [0.29, 0.717) is 11.7 Å². The molecule has 0 fully saturated rings. The molecule has 0 amide bonds. The average Bonchev–Trinajstić information content (AvgIpc) is 2.31. The highest BCUT2D eigenvalue weighted by Crippen LogP contribution is 2.34. The van der Waals surface area contributed by atoms with Gasteiger partial charge in [0.2, 0.25) is 0 Å². The first kappa shape index (κ1) is 13.9. The number of hydrogen-bond donors (Lipinski definition) is 1. The first-order chi connectivity index (χ1) is 8.13. The van der Waals surface area contributed by atoms with Gasteiger partial charge in [0.25, 0.3) is 0 Å². The van der Waals surface area contributed by atoms with Crippen molar-refractivity contribution in [3.05, 3.63) is 23.3 Å². The fraction of sp³-hybridized carbons (Fsp3) is 0.600. The van der Waals surface area contributed by atoms with Crippen molar-refractivity contribution in [2.45, 2.75) is 46.5 Å². The summed E-state index contributed by atoms with van der Waals surface area (Å²) in [5.41, 5.74) is 2.46. The van der Waals surface area contributed by atoms with Crippen molar-refractivity contribution in [3.8, 4) is 11.5 Å². The van der Waals surface area contributed by atoms with Crippen molar-refractivity contribution >= 4 is 0 Å². The summed E-state index contributed by atoms with van der Waals surface area (Å²) in [6.45, 7) is 6.60. The minimum atomic E-state index is 0.247. The van der Waals surface area contributed by atoms with Gasteiger partial charge in [-0.1, -0.05) is 39.7 Å². The molecule has 0 aromatic heterocycles. The summed E-state index contributed by atoms with van der Waals surface area (Å²) in [4.78, 5) is 0. The maximum absolute atomic E-state index is 9.76. The molecule has 0 aliphatic carbocycles. The molecule has 0 saturated heterocycles. The third-order valence-electron chi connectivity index (χ3n) is 3.24. The van der Waals surface area contributed by atoms with E-state index in [4.69, 9.17) is 4.74 Å². The molecule has 1 aromatic carbocycles. The molecule has 1 N–H and O–H groups in total. The van der Waals surface area contributed by atoms with E-state index < -0.39 is 0 Å². The van der Waals surface area contributed by atoms with Crippen molar-refractivity contribution in [1.29, 1.82) is 0 Å². The highest BCUT2D eigenvalue weighted by Gasteiger charge is 2.13. The van der Waals surface area contributed by atoms with E-state index in [1.165, 1.54) is 18.4 Å². The van der Waals surface area contributed by atoms with Gasteiger partial charge in [-0.2, -0.15) is 0 Å². The Balaban J connectivity index is 2.99. The van der Waals surface area contributed by atoms with Gasteiger partial charge in [0.05, 0.1) is 7.11 Å². The Morgan fingerprint density at radius 2 is 2.00 bits per heavy atom. The van der Waals surface area contributed by atoms with E-state index in [1.54, 1.807) is 13.2 Å². The molecule has 0 aliphatic heterocycles. The number of phenolic OH excluding ortho intramolecular Hbond substituents is 1. The second kappa shape index (κ2) is 6.53. The Hall–Kier alpha value is -1.18.